The molecule has 8 nitrogen and oxygen atoms in total. The Labute approximate surface area is 252 Å². The molecule has 4 fully saturated rings. The van der Waals surface area contributed by atoms with E-state index in [1.165, 1.54) is 18.1 Å². The second-order valence-corrected chi connectivity index (χ2v) is 13.9. The van der Waals surface area contributed by atoms with Gasteiger partial charge in [0.05, 0.1) is 43.0 Å². The molecule has 11 atom stereocenters. The molecule has 1 aromatic carbocycles. The molecule has 7 rings (SSSR count). The van der Waals surface area contributed by atoms with Crippen molar-refractivity contribution < 1.29 is 37.7 Å². The van der Waals surface area contributed by atoms with Gasteiger partial charge < -0.3 is 28.2 Å². The minimum atomic E-state index is -0.678. The van der Waals surface area contributed by atoms with Crippen molar-refractivity contribution in [3.05, 3.63) is 71.2 Å². The van der Waals surface area contributed by atoms with E-state index in [4.69, 9.17) is 23.4 Å². The van der Waals surface area contributed by atoms with Crippen LogP contribution in [-0.2, 0) is 28.5 Å². The molecule has 43 heavy (non-hydrogen) atoms. The van der Waals surface area contributed by atoms with Gasteiger partial charge in [0.2, 0.25) is 0 Å². The van der Waals surface area contributed by atoms with E-state index in [2.05, 4.69) is 27.7 Å². The van der Waals surface area contributed by atoms with Crippen LogP contribution in [-0.4, -0.2) is 55.4 Å². The first kappa shape index (κ1) is 28.5. The lowest BCUT2D eigenvalue weighted by molar-refractivity contribution is -0.244. The lowest BCUT2D eigenvalue weighted by Gasteiger charge is -2.65. The molecule has 3 heterocycles. The molecule has 0 amide bonds. The third-order valence-electron chi connectivity index (χ3n) is 12.0. The zero-order valence-corrected chi connectivity index (χ0v) is 25.4. The number of carbonyl (C=O) groups is 3. The third-order valence-corrected chi connectivity index (χ3v) is 12.0. The van der Waals surface area contributed by atoms with Crippen LogP contribution in [0.4, 0.5) is 0 Å². The molecule has 1 aromatic heterocycles. The molecule has 0 unspecified atom stereocenters. The normalized spacial score (nSPS) is 42.6. The van der Waals surface area contributed by atoms with Gasteiger partial charge in [0.15, 0.2) is 0 Å². The summed E-state index contributed by atoms with van der Waals surface area (Å²) >= 11 is 0. The quantitative estimate of drug-likeness (QED) is 0.242. The van der Waals surface area contributed by atoms with Crippen molar-refractivity contribution in [3.63, 3.8) is 0 Å². The standard InChI is InChI=1S/C35H40O8/c1-19-23(22-12-14-39-17-22)15-24-28(19)35(5)25(11-13-36)34(4)27(43-32(38)21-9-7-6-8-10-21)16-26(41-20(2)37)33(3)18-40-29(30(33)34)31(35)42-24/h6-10,12-14,17,23-27,29-31H,11,15-16,18H2,1-5H3/t23-,24+,25+,26-,27-,29-,30+,31+,33-,34+,35+/m0/s1. The van der Waals surface area contributed by atoms with Gasteiger partial charge >= 0.3 is 11.9 Å². The molecule has 2 saturated heterocycles. The number of esters is 2. The fraction of sp³-hybridized carbons (Fsp3) is 0.571. The van der Waals surface area contributed by atoms with Crippen LogP contribution in [0.2, 0.25) is 0 Å². The summed E-state index contributed by atoms with van der Waals surface area (Å²) in [5.41, 5.74) is 2.30. The van der Waals surface area contributed by atoms with Crippen molar-refractivity contribution in [3.8, 4) is 0 Å². The highest BCUT2D eigenvalue weighted by Crippen LogP contribution is 2.73. The molecule has 0 bridgehead atoms. The van der Waals surface area contributed by atoms with Crippen molar-refractivity contribution in [2.75, 3.05) is 6.61 Å². The Kier molecular flexibility index (Phi) is 6.57. The number of hydrogen-bond donors (Lipinski definition) is 0. The molecule has 228 valence electrons. The monoisotopic (exact) mass is 588 g/mol. The van der Waals surface area contributed by atoms with Crippen LogP contribution in [0.25, 0.3) is 0 Å². The molecule has 0 radical (unpaired) electrons. The van der Waals surface area contributed by atoms with Crippen molar-refractivity contribution in [1.29, 1.82) is 0 Å². The van der Waals surface area contributed by atoms with Crippen LogP contribution in [0, 0.1) is 28.1 Å². The van der Waals surface area contributed by atoms with Crippen molar-refractivity contribution in [1.82, 2.24) is 0 Å². The number of furan rings is 1. The summed E-state index contributed by atoms with van der Waals surface area (Å²) in [6.45, 7) is 10.5. The molecule has 2 saturated carbocycles. The fourth-order valence-electron chi connectivity index (χ4n) is 10.4. The van der Waals surface area contributed by atoms with Gasteiger partial charge in [-0.05, 0) is 48.6 Å². The zero-order chi connectivity index (χ0) is 30.3. The van der Waals surface area contributed by atoms with Gasteiger partial charge in [-0.1, -0.05) is 44.5 Å². The van der Waals surface area contributed by atoms with Crippen LogP contribution in [0.5, 0.6) is 0 Å². The van der Waals surface area contributed by atoms with Crippen LogP contribution in [0.3, 0.4) is 0 Å². The van der Waals surface area contributed by atoms with E-state index >= 15 is 0 Å². The van der Waals surface area contributed by atoms with Crippen LogP contribution < -0.4 is 0 Å². The number of fused-ring (bicyclic) bond motifs is 4. The number of benzene rings is 1. The van der Waals surface area contributed by atoms with E-state index in [1.807, 2.05) is 24.3 Å². The first-order valence-electron chi connectivity index (χ1n) is 15.4. The van der Waals surface area contributed by atoms with Gasteiger partial charge in [-0.2, -0.15) is 0 Å². The number of carbonyl (C=O) groups excluding carboxylic acids is 3. The zero-order valence-electron chi connectivity index (χ0n) is 25.4. The number of hydrogen-bond acceptors (Lipinski definition) is 8. The Hall–Kier alpha value is -3.23. The summed E-state index contributed by atoms with van der Waals surface area (Å²) in [6.07, 6.45) is 4.05. The number of ether oxygens (including phenoxy) is 4. The summed E-state index contributed by atoms with van der Waals surface area (Å²) in [7, 11) is 0. The minimum absolute atomic E-state index is 0.113. The Morgan fingerprint density at radius 3 is 2.49 bits per heavy atom. The highest BCUT2D eigenvalue weighted by molar-refractivity contribution is 5.89. The predicted molar refractivity (Wildman–Crippen MR) is 155 cm³/mol. The Bertz CT molecular complexity index is 1460. The second-order valence-electron chi connectivity index (χ2n) is 13.9. The molecular weight excluding hydrogens is 548 g/mol. The summed E-state index contributed by atoms with van der Waals surface area (Å²) in [5, 5.41) is 0. The average Bonchev–Trinajstić information content (AvgIpc) is 3.75. The maximum atomic E-state index is 13.6. The lowest BCUT2D eigenvalue weighted by atomic mass is 9.40. The van der Waals surface area contributed by atoms with Gasteiger partial charge in [0.25, 0.3) is 0 Å². The summed E-state index contributed by atoms with van der Waals surface area (Å²) in [5.74, 6) is -1.04. The molecule has 2 aromatic rings. The first-order chi connectivity index (χ1) is 20.5. The highest BCUT2D eigenvalue weighted by Gasteiger charge is 2.78. The SMILES string of the molecule is CC(=O)O[C@H]1C[C@H](OC(=O)c2ccccc2)[C@]2(C)[C@@H]3[C@H](OC[C@@]13C)[C@H]1O[C@@H]3C[C@H](c4ccoc4)C(C)=C3[C@@]1(C)[C@@H]2CC=O. The summed E-state index contributed by atoms with van der Waals surface area (Å²) in [4.78, 5) is 38.6. The fourth-order valence-corrected chi connectivity index (χ4v) is 10.4. The van der Waals surface area contributed by atoms with Crippen molar-refractivity contribution in [2.24, 2.45) is 28.1 Å². The maximum Gasteiger partial charge on any atom is 0.338 e. The maximum absolute atomic E-state index is 13.6. The molecule has 3 aliphatic carbocycles. The smallest absolute Gasteiger partial charge is 0.338 e. The van der Waals surface area contributed by atoms with Crippen LogP contribution in [0.15, 0.2) is 64.5 Å². The molecule has 0 N–H and O–H groups in total. The van der Waals surface area contributed by atoms with E-state index in [1.54, 1.807) is 24.7 Å². The average molecular weight is 589 g/mol. The van der Waals surface area contributed by atoms with Crippen LogP contribution >= 0.6 is 0 Å². The van der Waals surface area contributed by atoms with Gasteiger partial charge in [0, 0.05) is 47.8 Å². The third kappa shape index (κ3) is 3.84. The number of allylic oxidation sites excluding steroid dienone is 1. The summed E-state index contributed by atoms with van der Waals surface area (Å²) in [6, 6.07) is 11.0. The minimum Gasteiger partial charge on any atom is -0.472 e. The van der Waals surface area contributed by atoms with Gasteiger partial charge in [-0.15, -0.1) is 0 Å². The molecular formula is C35H40O8. The van der Waals surface area contributed by atoms with Gasteiger partial charge in [-0.25, -0.2) is 4.79 Å². The van der Waals surface area contributed by atoms with E-state index < -0.39 is 34.4 Å². The van der Waals surface area contributed by atoms with Gasteiger partial charge in [-0.3, -0.25) is 4.79 Å². The van der Waals surface area contributed by atoms with Crippen LogP contribution in [0.1, 0.15) is 75.7 Å². The molecule has 0 spiro atoms. The Balaban J connectivity index is 1.38. The lowest BCUT2D eigenvalue weighted by Crippen LogP contribution is -2.70. The van der Waals surface area contributed by atoms with Crippen molar-refractivity contribution in [2.45, 2.75) is 90.3 Å². The van der Waals surface area contributed by atoms with E-state index in [9.17, 15) is 14.4 Å². The van der Waals surface area contributed by atoms with E-state index in [0.717, 1.165) is 18.3 Å². The molecule has 5 aliphatic rings. The second kappa shape index (κ2) is 9.89. The number of aldehydes is 1. The Morgan fingerprint density at radius 1 is 1.05 bits per heavy atom. The van der Waals surface area contributed by atoms with Crippen molar-refractivity contribution >= 4 is 18.2 Å². The predicted octanol–water partition coefficient (Wildman–Crippen LogP) is 5.66. The first-order valence-corrected chi connectivity index (χ1v) is 15.4. The van der Waals surface area contributed by atoms with Gasteiger partial charge in [0.1, 0.15) is 18.5 Å². The van der Waals surface area contributed by atoms with E-state index in [-0.39, 0.29) is 48.5 Å². The summed E-state index contributed by atoms with van der Waals surface area (Å²) < 4.78 is 31.6. The number of rotatable bonds is 6. The topological polar surface area (TPSA) is 101 Å². The molecule has 8 heteroatoms. The molecule has 2 aliphatic heterocycles. The van der Waals surface area contributed by atoms with E-state index in [0.29, 0.717) is 18.6 Å². The largest absolute Gasteiger partial charge is 0.472 e. The Morgan fingerprint density at radius 2 is 1.81 bits per heavy atom. The highest BCUT2D eigenvalue weighted by atomic mass is 16.6.